The van der Waals surface area contributed by atoms with E-state index in [4.69, 9.17) is 0 Å². The number of pyridine rings is 1. The summed E-state index contributed by atoms with van der Waals surface area (Å²) < 4.78 is 0. The van der Waals surface area contributed by atoms with Gasteiger partial charge in [0.15, 0.2) is 0 Å². The van der Waals surface area contributed by atoms with Crippen molar-refractivity contribution < 1.29 is 0 Å². The molecule has 0 bridgehead atoms. The van der Waals surface area contributed by atoms with Crippen LogP contribution < -0.4 is 0 Å². The van der Waals surface area contributed by atoms with Gasteiger partial charge in [-0.15, -0.1) is 0 Å². The standard InChI is InChI=1S/C13H15N/c1-2-11-4-3-5-13(10-11)12-6-8-14-9-7-12/h3-4,6-10,13H,2,5H2,1H3. The molecule has 1 atom stereocenters. The molecule has 1 aromatic rings. The lowest BCUT2D eigenvalue weighted by molar-refractivity contribution is 0.831. The summed E-state index contributed by atoms with van der Waals surface area (Å²) in [6.45, 7) is 2.20. The summed E-state index contributed by atoms with van der Waals surface area (Å²) in [6.07, 6.45) is 12.8. The molecule has 1 heteroatoms. The van der Waals surface area contributed by atoms with E-state index in [1.165, 1.54) is 11.1 Å². The third-order valence-corrected chi connectivity index (χ3v) is 2.68. The fourth-order valence-corrected chi connectivity index (χ4v) is 1.83. The summed E-state index contributed by atoms with van der Waals surface area (Å²) in [5, 5.41) is 0. The SMILES string of the molecule is CCC1=CC(c2ccncc2)CC=C1. The second-order valence-corrected chi connectivity index (χ2v) is 3.62. The number of aromatic nitrogens is 1. The maximum atomic E-state index is 4.04. The van der Waals surface area contributed by atoms with Crippen molar-refractivity contribution in [3.05, 3.63) is 53.9 Å². The van der Waals surface area contributed by atoms with Crippen LogP contribution in [0.25, 0.3) is 0 Å². The van der Waals surface area contributed by atoms with E-state index in [1.807, 2.05) is 12.4 Å². The van der Waals surface area contributed by atoms with Crippen LogP contribution in [0.2, 0.25) is 0 Å². The molecule has 0 saturated carbocycles. The summed E-state index contributed by atoms with van der Waals surface area (Å²) in [7, 11) is 0. The highest BCUT2D eigenvalue weighted by Crippen LogP contribution is 2.27. The van der Waals surface area contributed by atoms with Crippen LogP contribution in [0.3, 0.4) is 0 Å². The monoisotopic (exact) mass is 185 g/mol. The quantitative estimate of drug-likeness (QED) is 0.687. The van der Waals surface area contributed by atoms with Crippen LogP contribution in [0.4, 0.5) is 0 Å². The Morgan fingerprint density at radius 3 is 2.86 bits per heavy atom. The average Bonchev–Trinajstić information content (AvgIpc) is 2.30. The second-order valence-electron chi connectivity index (χ2n) is 3.62. The summed E-state index contributed by atoms with van der Waals surface area (Å²) in [6, 6.07) is 4.21. The van der Waals surface area contributed by atoms with Crippen molar-refractivity contribution >= 4 is 0 Å². The highest BCUT2D eigenvalue weighted by atomic mass is 14.6. The maximum absolute atomic E-state index is 4.04. The largest absolute Gasteiger partial charge is 0.265 e. The first-order valence-electron chi connectivity index (χ1n) is 5.17. The first kappa shape index (κ1) is 9.20. The fourth-order valence-electron chi connectivity index (χ4n) is 1.83. The molecule has 1 aliphatic rings. The Labute approximate surface area is 85.2 Å². The van der Waals surface area contributed by atoms with Gasteiger partial charge in [0, 0.05) is 18.3 Å². The molecule has 1 nitrogen and oxygen atoms in total. The number of nitrogens with zero attached hydrogens (tertiary/aromatic N) is 1. The van der Waals surface area contributed by atoms with E-state index in [1.54, 1.807) is 0 Å². The lowest BCUT2D eigenvalue weighted by Gasteiger charge is -2.16. The molecule has 0 saturated heterocycles. The second kappa shape index (κ2) is 4.23. The Morgan fingerprint density at radius 2 is 2.14 bits per heavy atom. The average molecular weight is 185 g/mol. The van der Waals surface area contributed by atoms with Gasteiger partial charge in [0.1, 0.15) is 0 Å². The fraction of sp³-hybridized carbons (Fsp3) is 0.308. The topological polar surface area (TPSA) is 12.9 Å². The van der Waals surface area contributed by atoms with Gasteiger partial charge in [-0.2, -0.15) is 0 Å². The van der Waals surface area contributed by atoms with Gasteiger partial charge < -0.3 is 0 Å². The molecule has 0 aliphatic heterocycles. The predicted octanol–water partition coefficient (Wildman–Crippen LogP) is 3.46. The molecular formula is C13H15N. The van der Waals surface area contributed by atoms with E-state index in [0.29, 0.717) is 5.92 Å². The molecule has 2 rings (SSSR count). The summed E-state index contributed by atoms with van der Waals surface area (Å²) in [5.74, 6) is 0.554. The van der Waals surface area contributed by atoms with Gasteiger partial charge in [-0.3, -0.25) is 4.98 Å². The Hall–Kier alpha value is -1.37. The van der Waals surface area contributed by atoms with Gasteiger partial charge >= 0.3 is 0 Å². The minimum atomic E-state index is 0.554. The third kappa shape index (κ3) is 1.92. The van der Waals surface area contributed by atoms with E-state index in [2.05, 4.69) is 42.3 Å². The number of hydrogen-bond donors (Lipinski definition) is 0. The van der Waals surface area contributed by atoms with Gasteiger partial charge in [-0.05, 0) is 30.5 Å². The van der Waals surface area contributed by atoms with Crippen LogP contribution >= 0.6 is 0 Å². The minimum Gasteiger partial charge on any atom is -0.265 e. The molecular weight excluding hydrogens is 170 g/mol. The van der Waals surface area contributed by atoms with Gasteiger partial charge in [0.25, 0.3) is 0 Å². The minimum absolute atomic E-state index is 0.554. The Kier molecular flexibility index (Phi) is 2.78. The highest BCUT2D eigenvalue weighted by Gasteiger charge is 2.10. The van der Waals surface area contributed by atoms with Crippen molar-refractivity contribution in [1.29, 1.82) is 0 Å². The molecule has 0 radical (unpaired) electrons. The van der Waals surface area contributed by atoms with E-state index < -0.39 is 0 Å². The van der Waals surface area contributed by atoms with Crippen molar-refractivity contribution in [3.8, 4) is 0 Å². The van der Waals surface area contributed by atoms with Crippen molar-refractivity contribution in [3.63, 3.8) is 0 Å². The summed E-state index contributed by atoms with van der Waals surface area (Å²) in [4.78, 5) is 4.04. The van der Waals surface area contributed by atoms with Gasteiger partial charge in [0.05, 0.1) is 0 Å². The van der Waals surface area contributed by atoms with Crippen LogP contribution in [0, 0.1) is 0 Å². The highest BCUT2D eigenvalue weighted by molar-refractivity contribution is 5.32. The van der Waals surface area contributed by atoms with E-state index in [-0.39, 0.29) is 0 Å². The summed E-state index contributed by atoms with van der Waals surface area (Å²) >= 11 is 0. The zero-order valence-electron chi connectivity index (χ0n) is 8.48. The third-order valence-electron chi connectivity index (χ3n) is 2.68. The molecule has 1 heterocycles. The molecule has 72 valence electrons. The molecule has 1 aliphatic carbocycles. The molecule has 0 fully saturated rings. The molecule has 0 spiro atoms. The number of allylic oxidation sites excluding steroid dienone is 4. The normalized spacial score (nSPS) is 20.6. The van der Waals surface area contributed by atoms with E-state index in [9.17, 15) is 0 Å². The Balaban J connectivity index is 2.21. The van der Waals surface area contributed by atoms with Crippen LogP contribution in [-0.2, 0) is 0 Å². The van der Waals surface area contributed by atoms with E-state index >= 15 is 0 Å². The Morgan fingerprint density at radius 1 is 1.36 bits per heavy atom. The maximum Gasteiger partial charge on any atom is 0.0270 e. The van der Waals surface area contributed by atoms with Crippen LogP contribution in [0.1, 0.15) is 31.2 Å². The van der Waals surface area contributed by atoms with Crippen molar-refractivity contribution in [2.45, 2.75) is 25.7 Å². The van der Waals surface area contributed by atoms with Crippen LogP contribution in [0.5, 0.6) is 0 Å². The number of rotatable bonds is 2. The van der Waals surface area contributed by atoms with Gasteiger partial charge in [-0.25, -0.2) is 0 Å². The van der Waals surface area contributed by atoms with Gasteiger partial charge in [0.2, 0.25) is 0 Å². The van der Waals surface area contributed by atoms with Crippen molar-refractivity contribution in [2.75, 3.05) is 0 Å². The lowest BCUT2D eigenvalue weighted by Crippen LogP contribution is -1.98. The zero-order valence-corrected chi connectivity index (χ0v) is 8.48. The lowest BCUT2D eigenvalue weighted by atomic mass is 9.89. The summed E-state index contributed by atoms with van der Waals surface area (Å²) in [5.41, 5.74) is 2.81. The predicted molar refractivity (Wildman–Crippen MR) is 59.1 cm³/mol. The van der Waals surface area contributed by atoms with E-state index in [0.717, 1.165) is 12.8 Å². The Bertz CT molecular complexity index is 349. The van der Waals surface area contributed by atoms with Gasteiger partial charge in [-0.1, -0.05) is 30.7 Å². The molecule has 0 amide bonds. The zero-order chi connectivity index (χ0) is 9.80. The first-order valence-corrected chi connectivity index (χ1v) is 5.17. The molecule has 0 N–H and O–H groups in total. The van der Waals surface area contributed by atoms with Crippen molar-refractivity contribution in [2.24, 2.45) is 0 Å². The number of hydrogen-bond acceptors (Lipinski definition) is 1. The molecule has 14 heavy (non-hydrogen) atoms. The van der Waals surface area contributed by atoms with Crippen molar-refractivity contribution in [1.82, 2.24) is 4.98 Å². The molecule has 1 aromatic heterocycles. The van der Waals surface area contributed by atoms with Crippen LogP contribution in [-0.4, -0.2) is 4.98 Å². The molecule has 1 unspecified atom stereocenters. The first-order chi connectivity index (χ1) is 6.90. The smallest absolute Gasteiger partial charge is 0.0270 e. The van der Waals surface area contributed by atoms with Crippen LogP contribution in [0.15, 0.2) is 48.3 Å². The molecule has 0 aromatic carbocycles.